The Bertz CT molecular complexity index is 1120. The third-order valence-corrected chi connectivity index (χ3v) is 6.49. The van der Waals surface area contributed by atoms with Gasteiger partial charge in [-0.25, -0.2) is 13.9 Å². The summed E-state index contributed by atoms with van der Waals surface area (Å²) in [5.41, 5.74) is 9.63. The van der Waals surface area contributed by atoms with E-state index in [0.717, 1.165) is 55.0 Å². The highest BCUT2D eigenvalue weighted by Crippen LogP contribution is 2.19. The molecule has 4 rings (SSSR count). The Hall–Kier alpha value is -2.33. The molecule has 2 aromatic heterocycles. The molecule has 11 heteroatoms. The van der Waals surface area contributed by atoms with Crippen molar-refractivity contribution in [2.75, 3.05) is 19.6 Å². The van der Waals surface area contributed by atoms with Crippen molar-refractivity contribution in [1.29, 1.82) is 0 Å². The summed E-state index contributed by atoms with van der Waals surface area (Å²) in [5, 5.41) is 7.50. The van der Waals surface area contributed by atoms with Crippen LogP contribution in [0.1, 0.15) is 47.6 Å². The molecule has 1 saturated heterocycles. The molecule has 192 valence electrons. The second-order valence-corrected chi connectivity index (χ2v) is 8.86. The van der Waals surface area contributed by atoms with Crippen LogP contribution in [0.2, 0.25) is 0 Å². The highest BCUT2D eigenvalue weighted by Gasteiger charge is 2.20. The van der Waals surface area contributed by atoms with Gasteiger partial charge in [-0.15, -0.1) is 29.9 Å². The van der Waals surface area contributed by atoms with Gasteiger partial charge in [0.25, 0.3) is 5.78 Å². The molecule has 0 saturated carbocycles. The van der Waals surface area contributed by atoms with Crippen molar-refractivity contribution >= 4 is 36.5 Å². The number of likely N-dealkylation sites (tertiary alicyclic amines) is 1. The van der Waals surface area contributed by atoms with Gasteiger partial charge in [0, 0.05) is 30.9 Å². The van der Waals surface area contributed by atoms with E-state index in [2.05, 4.69) is 25.3 Å². The quantitative estimate of drug-likeness (QED) is 0.468. The summed E-state index contributed by atoms with van der Waals surface area (Å²) in [6.45, 7) is 7.72. The van der Waals surface area contributed by atoms with E-state index in [0.29, 0.717) is 36.9 Å². The number of fused-ring (bicyclic) bond motifs is 1. The Kier molecular flexibility index (Phi) is 10.8. The summed E-state index contributed by atoms with van der Waals surface area (Å²) >= 11 is 0. The molecule has 8 nitrogen and oxygen atoms in total. The molecule has 3 heterocycles. The average molecular weight is 526 g/mol. The van der Waals surface area contributed by atoms with E-state index in [1.54, 1.807) is 4.52 Å². The maximum Gasteiger partial charge on any atom is 0.252 e. The number of carbonyl (C=O) groups excluding carboxylic acids is 1. The first-order chi connectivity index (χ1) is 15.9. The van der Waals surface area contributed by atoms with E-state index in [9.17, 15) is 9.18 Å². The van der Waals surface area contributed by atoms with Gasteiger partial charge < -0.3 is 11.1 Å². The van der Waals surface area contributed by atoms with E-state index in [1.165, 1.54) is 12.1 Å². The van der Waals surface area contributed by atoms with Crippen LogP contribution in [0.25, 0.3) is 5.78 Å². The second-order valence-electron chi connectivity index (χ2n) is 8.86. The monoisotopic (exact) mass is 525 g/mol. The van der Waals surface area contributed by atoms with Crippen LogP contribution >= 0.6 is 24.8 Å². The van der Waals surface area contributed by atoms with Gasteiger partial charge in [-0.1, -0.05) is 12.1 Å². The van der Waals surface area contributed by atoms with E-state index in [4.69, 9.17) is 5.73 Å². The number of hydrogen-bond donors (Lipinski definition) is 2. The molecule has 3 N–H and O–H groups in total. The third-order valence-electron chi connectivity index (χ3n) is 6.49. The molecule has 1 fully saturated rings. The number of aryl methyl sites for hydroxylation is 2. The van der Waals surface area contributed by atoms with Crippen molar-refractivity contribution in [1.82, 2.24) is 29.8 Å². The van der Waals surface area contributed by atoms with Crippen molar-refractivity contribution in [3.63, 3.8) is 0 Å². The molecule has 0 bridgehead atoms. The SMILES string of the molecule is Cc1nc2nc(CN)nn2c(C)c1CCC(=O)NCC1CCN(Cc2ccc(F)cc2)CC1.Cl.Cl. The van der Waals surface area contributed by atoms with Crippen LogP contribution in [0.4, 0.5) is 4.39 Å². The van der Waals surface area contributed by atoms with Gasteiger partial charge in [0.15, 0.2) is 5.82 Å². The molecule has 0 aliphatic carbocycles. The minimum absolute atomic E-state index is 0. The van der Waals surface area contributed by atoms with Crippen LogP contribution in [0, 0.1) is 25.6 Å². The molecule has 1 aliphatic rings. The number of nitrogens with one attached hydrogen (secondary N) is 1. The van der Waals surface area contributed by atoms with E-state index < -0.39 is 0 Å². The first-order valence-electron chi connectivity index (χ1n) is 11.6. The summed E-state index contributed by atoms with van der Waals surface area (Å²) in [7, 11) is 0. The molecule has 1 aromatic carbocycles. The van der Waals surface area contributed by atoms with Crippen molar-refractivity contribution in [3.8, 4) is 0 Å². The normalized spacial score (nSPS) is 14.4. The standard InChI is InChI=1S/C24H32FN7O.2ClH/c1-16-21(17(2)32-24(28-16)29-22(13-26)30-32)7-8-23(33)27-14-18-9-11-31(12-10-18)15-19-3-5-20(25)6-4-19;;/h3-6,18H,7-15,26H2,1-2H3,(H,27,33);2*1H. The summed E-state index contributed by atoms with van der Waals surface area (Å²) in [6.07, 6.45) is 3.13. The van der Waals surface area contributed by atoms with Gasteiger partial charge in [0.1, 0.15) is 5.82 Å². The number of piperidine rings is 1. The molecule has 0 radical (unpaired) electrons. The smallest absolute Gasteiger partial charge is 0.252 e. The van der Waals surface area contributed by atoms with Crippen LogP contribution < -0.4 is 11.1 Å². The fraction of sp³-hybridized carbons (Fsp3) is 0.500. The van der Waals surface area contributed by atoms with Crippen LogP contribution in [-0.2, 0) is 24.3 Å². The van der Waals surface area contributed by atoms with Crippen molar-refractivity contribution in [2.45, 2.75) is 52.6 Å². The zero-order valence-corrected chi connectivity index (χ0v) is 21.8. The molecule has 0 unspecified atom stereocenters. The predicted molar refractivity (Wildman–Crippen MR) is 138 cm³/mol. The first-order valence-corrected chi connectivity index (χ1v) is 11.6. The highest BCUT2D eigenvalue weighted by molar-refractivity contribution is 5.85. The van der Waals surface area contributed by atoms with Gasteiger partial charge in [0.05, 0.1) is 6.54 Å². The zero-order chi connectivity index (χ0) is 23.4. The third kappa shape index (κ3) is 7.33. The molecular formula is C24H34Cl2FN7O. The molecular weight excluding hydrogens is 492 g/mol. The number of nitrogens with two attached hydrogens (primary N) is 1. The number of amides is 1. The summed E-state index contributed by atoms with van der Waals surface area (Å²) in [6, 6.07) is 6.72. The van der Waals surface area contributed by atoms with Crippen LogP contribution in [0.15, 0.2) is 24.3 Å². The number of carbonyl (C=O) groups is 1. The maximum absolute atomic E-state index is 13.1. The Morgan fingerprint density at radius 3 is 2.49 bits per heavy atom. The summed E-state index contributed by atoms with van der Waals surface area (Å²) in [4.78, 5) is 23.7. The molecule has 0 spiro atoms. The number of hydrogen-bond acceptors (Lipinski definition) is 6. The second kappa shape index (κ2) is 13.1. The lowest BCUT2D eigenvalue weighted by Gasteiger charge is -2.32. The largest absolute Gasteiger partial charge is 0.356 e. The first kappa shape index (κ1) is 28.9. The summed E-state index contributed by atoms with van der Waals surface area (Å²) < 4.78 is 14.8. The predicted octanol–water partition coefficient (Wildman–Crippen LogP) is 3.14. The molecule has 3 aromatic rings. The van der Waals surface area contributed by atoms with Crippen LogP contribution in [0.3, 0.4) is 0 Å². The van der Waals surface area contributed by atoms with E-state index in [-0.39, 0.29) is 43.1 Å². The zero-order valence-electron chi connectivity index (χ0n) is 20.2. The van der Waals surface area contributed by atoms with Crippen molar-refractivity contribution < 1.29 is 9.18 Å². The molecule has 35 heavy (non-hydrogen) atoms. The van der Waals surface area contributed by atoms with Crippen molar-refractivity contribution in [2.24, 2.45) is 11.7 Å². The Labute approximate surface area is 217 Å². The van der Waals surface area contributed by atoms with E-state index >= 15 is 0 Å². The van der Waals surface area contributed by atoms with Gasteiger partial charge in [-0.3, -0.25) is 9.69 Å². The molecule has 0 atom stereocenters. The lowest BCUT2D eigenvalue weighted by atomic mass is 9.96. The molecule has 1 amide bonds. The molecule has 1 aliphatic heterocycles. The summed E-state index contributed by atoms with van der Waals surface area (Å²) in [5.74, 6) is 1.45. The fourth-order valence-corrected chi connectivity index (χ4v) is 4.48. The minimum atomic E-state index is -0.200. The van der Waals surface area contributed by atoms with Gasteiger partial charge >= 0.3 is 0 Å². The lowest BCUT2D eigenvalue weighted by molar-refractivity contribution is -0.121. The number of nitrogens with zero attached hydrogens (tertiary/aromatic N) is 5. The van der Waals surface area contributed by atoms with Gasteiger partial charge in [-0.05, 0) is 75.4 Å². The van der Waals surface area contributed by atoms with Gasteiger partial charge in [0.2, 0.25) is 5.91 Å². The Morgan fingerprint density at radius 1 is 1.14 bits per heavy atom. The number of aromatic nitrogens is 4. The maximum atomic E-state index is 13.1. The van der Waals surface area contributed by atoms with Crippen molar-refractivity contribution in [3.05, 3.63) is 58.4 Å². The Morgan fingerprint density at radius 2 is 1.83 bits per heavy atom. The number of halogens is 3. The number of rotatable bonds is 8. The van der Waals surface area contributed by atoms with Crippen LogP contribution in [0.5, 0.6) is 0 Å². The minimum Gasteiger partial charge on any atom is -0.356 e. The van der Waals surface area contributed by atoms with E-state index in [1.807, 2.05) is 26.0 Å². The average Bonchev–Trinajstić information content (AvgIpc) is 3.23. The fourth-order valence-electron chi connectivity index (χ4n) is 4.48. The van der Waals surface area contributed by atoms with Crippen LogP contribution in [-0.4, -0.2) is 50.0 Å². The number of benzene rings is 1. The Balaban J connectivity index is 0.00000216. The highest BCUT2D eigenvalue weighted by atomic mass is 35.5. The lowest BCUT2D eigenvalue weighted by Crippen LogP contribution is -2.38. The van der Waals surface area contributed by atoms with Gasteiger partial charge in [-0.2, -0.15) is 4.98 Å². The topological polar surface area (TPSA) is 101 Å².